The number of halogens is 1. The van der Waals surface area contributed by atoms with Gasteiger partial charge in [0.25, 0.3) is 0 Å². The van der Waals surface area contributed by atoms with Gasteiger partial charge in [0.05, 0.1) is 0 Å². The van der Waals surface area contributed by atoms with Crippen LogP contribution in [-0.2, 0) is 0 Å². The van der Waals surface area contributed by atoms with Crippen molar-refractivity contribution in [1.29, 1.82) is 0 Å². The van der Waals surface area contributed by atoms with E-state index in [4.69, 9.17) is 0 Å². The minimum absolute atomic E-state index is 0. The van der Waals surface area contributed by atoms with Gasteiger partial charge in [0.15, 0.2) is 0 Å². The van der Waals surface area contributed by atoms with Crippen LogP contribution in [0.4, 0.5) is 0 Å². The van der Waals surface area contributed by atoms with E-state index in [0.717, 1.165) is 19.6 Å². The maximum Gasteiger partial charge on any atom is 0.0378 e. The number of rotatable bonds is 2. The Hall–Kier alpha value is -0.210. The molecule has 0 atom stereocenters. The molecule has 0 spiro atoms. The summed E-state index contributed by atoms with van der Waals surface area (Å²) in [5, 5.41) is 4.54. The van der Waals surface area contributed by atoms with E-state index in [2.05, 4.69) is 36.1 Å². The van der Waals surface area contributed by atoms with Crippen LogP contribution in [0.2, 0.25) is 0 Å². The lowest BCUT2D eigenvalue weighted by Gasteiger charge is -2.26. The van der Waals surface area contributed by atoms with Crippen LogP contribution in [0.1, 0.15) is 13.8 Å². The quantitative estimate of drug-likeness (QED) is 0.607. The largest absolute Gasteiger partial charge is 0.313 e. The molecule has 0 aromatic carbocycles. The normalized spacial score (nSPS) is 17.6. The van der Waals surface area contributed by atoms with E-state index in [1.54, 1.807) is 0 Å². The summed E-state index contributed by atoms with van der Waals surface area (Å²) in [6.07, 6.45) is 4.33. The van der Waals surface area contributed by atoms with Gasteiger partial charge in [0.1, 0.15) is 0 Å². The summed E-state index contributed by atoms with van der Waals surface area (Å²) in [5.74, 6) is 0. The monoisotopic (exact) mass is 162 g/mol. The van der Waals surface area contributed by atoms with E-state index in [1.165, 1.54) is 0 Å². The number of likely N-dealkylation sites (N-methyl/N-ethyl adjacent to an activating group) is 1. The summed E-state index contributed by atoms with van der Waals surface area (Å²) in [5.41, 5.74) is 0. The zero-order valence-corrected chi connectivity index (χ0v) is 7.40. The fraction of sp³-hybridized carbons (Fsp3) is 0.714. The van der Waals surface area contributed by atoms with Crippen LogP contribution in [0.3, 0.4) is 0 Å². The Bertz CT molecular complexity index is 114. The predicted octanol–water partition coefficient (Wildman–Crippen LogP) is 1.49. The van der Waals surface area contributed by atoms with Crippen LogP contribution in [0.25, 0.3) is 0 Å². The summed E-state index contributed by atoms with van der Waals surface area (Å²) in [4.78, 5) is 0. The maximum absolute atomic E-state index is 2.31. The first-order valence-electron chi connectivity index (χ1n) is 3.56. The summed E-state index contributed by atoms with van der Waals surface area (Å²) in [7, 11) is 0. The molecule has 1 aliphatic heterocycles. The lowest BCUT2D eigenvalue weighted by atomic mass is 10.6. The summed E-state index contributed by atoms with van der Waals surface area (Å²) < 4.78 is 0. The zero-order valence-electron chi connectivity index (χ0n) is 6.58. The molecule has 0 aromatic rings. The fourth-order valence-electron chi connectivity index (χ4n) is 1.11. The van der Waals surface area contributed by atoms with E-state index < -0.39 is 0 Å². The second kappa shape index (κ2) is 4.58. The maximum atomic E-state index is 2.31. The Kier molecular flexibility index (Phi) is 4.49. The highest BCUT2D eigenvalue weighted by Crippen LogP contribution is 2.04. The number of hydrogen-bond donors (Lipinski definition) is 0. The van der Waals surface area contributed by atoms with E-state index >= 15 is 0 Å². The van der Waals surface area contributed by atoms with E-state index in [1.807, 2.05) is 0 Å². The molecule has 3 heteroatoms. The highest BCUT2D eigenvalue weighted by Gasteiger charge is 2.09. The average Bonchev–Trinajstić information content (AvgIpc) is 2.33. The molecular formula is C7H15ClN2. The van der Waals surface area contributed by atoms with Crippen LogP contribution >= 0.6 is 12.4 Å². The lowest BCUT2D eigenvalue weighted by Crippen LogP contribution is -2.34. The van der Waals surface area contributed by atoms with Crippen molar-refractivity contribution in [2.24, 2.45) is 0 Å². The smallest absolute Gasteiger partial charge is 0.0378 e. The van der Waals surface area contributed by atoms with Gasteiger partial charge in [-0.05, 0) is 6.92 Å². The summed E-state index contributed by atoms with van der Waals surface area (Å²) in [6.45, 7) is 7.63. The molecular weight excluding hydrogens is 148 g/mol. The molecule has 60 valence electrons. The van der Waals surface area contributed by atoms with Gasteiger partial charge >= 0.3 is 0 Å². The fourth-order valence-corrected chi connectivity index (χ4v) is 1.11. The topological polar surface area (TPSA) is 6.48 Å². The first kappa shape index (κ1) is 9.79. The molecule has 1 heterocycles. The van der Waals surface area contributed by atoms with Crippen LogP contribution in [0, 0.1) is 0 Å². The molecule has 0 unspecified atom stereocenters. The Labute approximate surface area is 68.9 Å². The molecule has 0 radical (unpaired) electrons. The molecule has 0 aromatic heterocycles. The standard InChI is InChI=1S/C7H14N2.ClH/c1-3-8-6-5-7-9(8)4-2;/h5-6H,3-4,7H2,1-2H3;1H. The van der Waals surface area contributed by atoms with Gasteiger partial charge in [0, 0.05) is 25.8 Å². The third-order valence-electron chi connectivity index (χ3n) is 1.65. The van der Waals surface area contributed by atoms with Gasteiger partial charge in [-0.3, -0.25) is 0 Å². The molecule has 0 aliphatic carbocycles. The van der Waals surface area contributed by atoms with E-state index in [-0.39, 0.29) is 12.4 Å². The van der Waals surface area contributed by atoms with Crippen LogP contribution in [0.5, 0.6) is 0 Å². The van der Waals surface area contributed by atoms with Gasteiger partial charge in [0.2, 0.25) is 0 Å². The summed E-state index contributed by atoms with van der Waals surface area (Å²) >= 11 is 0. The second-order valence-corrected chi connectivity index (χ2v) is 2.15. The van der Waals surface area contributed by atoms with Crippen LogP contribution in [0.15, 0.2) is 12.3 Å². The van der Waals surface area contributed by atoms with Crippen molar-refractivity contribution in [3.05, 3.63) is 12.3 Å². The first-order chi connectivity index (χ1) is 4.38. The molecule has 0 fully saturated rings. The van der Waals surface area contributed by atoms with Crippen molar-refractivity contribution >= 4 is 12.4 Å². The van der Waals surface area contributed by atoms with Gasteiger partial charge < -0.3 is 5.01 Å². The Balaban J connectivity index is 0.000000810. The van der Waals surface area contributed by atoms with Crippen molar-refractivity contribution in [2.75, 3.05) is 19.6 Å². The van der Waals surface area contributed by atoms with Gasteiger partial charge in [-0.1, -0.05) is 13.0 Å². The summed E-state index contributed by atoms with van der Waals surface area (Å²) in [6, 6.07) is 0. The Morgan fingerprint density at radius 1 is 1.30 bits per heavy atom. The minimum Gasteiger partial charge on any atom is -0.313 e. The van der Waals surface area contributed by atoms with Crippen molar-refractivity contribution in [3.8, 4) is 0 Å². The Morgan fingerprint density at radius 2 is 2.00 bits per heavy atom. The van der Waals surface area contributed by atoms with Crippen molar-refractivity contribution < 1.29 is 0 Å². The van der Waals surface area contributed by atoms with Gasteiger partial charge in [-0.15, -0.1) is 12.4 Å². The third kappa shape index (κ3) is 1.89. The van der Waals surface area contributed by atoms with Crippen molar-refractivity contribution in [2.45, 2.75) is 13.8 Å². The first-order valence-corrected chi connectivity index (χ1v) is 3.56. The molecule has 1 aliphatic rings. The van der Waals surface area contributed by atoms with Crippen LogP contribution < -0.4 is 0 Å². The van der Waals surface area contributed by atoms with E-state index in [9.17, 15) is 0 Å². The highest BCUT2D eigenvalue weighted by atomic mass is 35.5. The molecule has 0 amide bonds. The number of hydrazine groups is 1. The highest BCUT2D eigenvalue weighted by molar-refractivity contribution is 5.85. The molecule has 0 saturated carbocycles. The van der Waals surface area contributed by atoms with Gasteiger partial charge in [-0.2, -0.15) is 0 Å². The Morgan fingerprint density at radius 3 is 2.40 bits per heavy atom. The van der Waals surface area contributed by atoms with Crippen LogP contribution in [-0.4, -0.2) is 29.7 Å². The average molecular weight is 163 g/mol. The van der Waals surface area contributed by atoms with Crippen molar-refractivity contribution in [3.63, 3.8) is 0 Å². The SMILES string of the molecule is CCN1C=CCN1CC.Cl. The lowest BCUT2D eigenvalue weighted by molar-refractivity contribution is 0.0642. The zero-order chi connectivity index (χ0) is 6.69. The minimum atomic E-state index is 0. The molecule has 0 N–H and O–H groups in total. The second-order valence-electron chi connectivity index (χ2n) is 2.15. The van der Waals surface area contributed by atoms with Gasteiger partial charge in [-0.25, -0.2) is 5.01 Å². The molecule has 0 bridgehead atoms. The molecule has 1 rings (SSSR count). The van der Waals surface area contributed by atoms with E-state index in [0.29, 0.717) is 0 Å². The van der Waals surface area contributed by atoms with Crippen molar-refractivity contribution in [1.82, 2.24) is 10.0 Å². The molecule has 10 heavy (non-hydrogen) atoms. The number of hydrogen-bond acceptors (Lipinski definition) is 2. The third-order valence-corrected chi connectivity index (χ3v) is 1.65. The predicted molar refractivity (Wildman–Crippen MR) is 46.0 cm³/mol. The number of nitrogens with zero attached hydrogens (tertiary/aromatic N) is 2. The molecule has 2 nitrogen and oxygen atoms in total. The molecule has 0 saturated heterocycles.